The van der Waals surface area contributed by atoms with Crippen LogP contribution in [-0.4, -0.2) is 60.7 Å². The second-order valence-corrected chi connectivity index (χ2v) is 8.08. The van der Waals surface area contributed by atoms with Crippen molar-refractivity contribution in [2.24, 2.45) is 0 Å². The summed E-state index contributed by atoms with van der Waals surface area (Å²) >= 11 is 0. The molecule has 0 radical (unpaired) electrons. The third-order valence-corrected chi connectivity index (χ3v) is 5.84. The van der Waals surface area contributed by atoms with Crippen LogP contribution in [0.4, 0.5) is 5.69 Å². The van der Waals surface area contributed by atoms with Gasteiger partial charge < -0.3 is 19.9 Å². The lowest BCUT2D eigenvalue weighted by molar-refractivity contribution is 0.0383. The Bertz CT molecular complexity index is 1100. The highest BCUT2D eigenvalue weighted by atomic mass is 16.5. The molecule has 168 valence electrons. The number of morpholine rings is 1. The fourth-order valence-corrected chi connectivity index (χ4v) is 4.03. The first-order valence-corrected chi connectivity index (χ1v) is 11.1. The SMILES string of the molecule is CCn1c(C(=O)NCCN2CCOCC2)cc2cc(NC(=O)c3ccc(C)cc3)ccc21. The number of ether oxygens (including phenoxy) is 1. The summed E-state index contributed by atoms with van der Waals surface area (Å²) in [4.78, 5) is 27.7. The molecule has 0 atom stereocenters. The van der Waals surface area contributed by atoms with Gasteiger partial charge in [0, 0.05) is 54.9 Å². The van der Waals surface area contributed by atoms with E-state index < -0.39 is 0 Å². The van der Waals surface area contributed by atoms with Crippen molar-refractivity contribution in [2.45, 2.75) is 20.4 Å². The zero-order valence-electron chi connectivity index (χ0n) is 18.7. The number of carbonyl (C=O) groups excluding carboxylic acids is 2. The van der Waals surface area contributed by atoms with Gasteiger partial charge in [-0.2, -0.15) is 0 Å². The van der Waals surface area contributed by atoms with Crippen molar-refractivity contribution in [1.29, 1.82) is 0 Å². The van der Waals surface area contributed by atoms with E-state index in [0.717, 1.165) is 49.3 Å². The number of nitrogens with zero attached hydrogens (tertiary/aromatic N) is 2. The maximum Gasteiger partial charge on any atom is 0.267 e. The van der Waals surface area contributed by atoms with Gasteiger partial charge in [-0.1, -0.05) is 17.7 Å². The quantitative estimate of drug-likeness (QED) is 0.598. The van der Waals surface area contributed by atoms with Crippen LogP contribution in [0.5, 0.6) is 0 Å². The molecule has 7 heteroatoms. The number of anilines is 1. The number of hydrogen-bond donors (Lipinski definition) is 2. The maximum absolute atomic E-state index is 12.9. The minimum absolute atomic E-state index is 0.0819. The van der Waals surface area contributed by atoms with Crippen molar-refractivity contribution in [3.8, 4) is 0 Å². The summed E-state index contributed by atoms with van der Waals surface area (Å²) in [6.45, 7) is 9.43. The number of aryl methyl sites for hydroxylation is 2. The van der Waals surface area contributed by atoms with Crippen LogP contribution in [0.25, 0.3) is 10.9 Å². The van der Waals surface area contributed by atoms with Crippen molar-refractivity contribution < 1.29 is 14.3 Å². The molecule has 1 saturated heterocycles. The summed E-state index contributed by atoms with van der Waals surface area (Å²) in [7, 11) is 0. The zero-order valence-corrected chi connectivity index (χ0v) is 18.7. The highest BCUT2D eigenvalue weighted by molar-refractivity contribution is 6.06. The van der Waals surface area contributed by atoms with E-state index in [0.29, 0.717) is 30.0 Å². The Morgan fingerprint density at radius 3 is 2.47 bits per heavy atom. The molecule has 0 saturated carbocycles. The van der Waals surface area contributed by atoms with E-state index >= 15 is 0 Å². The van der Waals surface area contributed by atoms with Crippen molar-refractivity contribution in [2.75, 3.05) is 44.7 Å². The van der Waals surface area contributed by atoms with Crippen LogP contribution in [0.15, 0.2) is 48.5 Å². The molecule has 2 heterocycles. The van der Waals surface area contributed by atoms with Gasteiger partial charge in [-0.25, -0.2) is 0 Å². The number of rotatable bonds is 7. The molecule has 0 bridgehead atoms. The topological polar surface area (TPSA) is 75.6 Å². The predicted molar refractivity (Wildman–Crippen MR) is 126 cm³/mol. The van der Waals surface area contributed by atoms with E-state index in [1.54, 1.807) is 0 Å². The van der Waals surface area contributed by atoms with Gasteiger partial charge in [0.05, 0.1) is 13.2 Å². The van der Waals surface area contributed by atoms with Gasteiger partial charge in [0.2, 0.25) is 0 Å². The summed E-state index contributed by atoms with van der Waals surface area (Å²) in [5.41, 5.74) is 4.03. The molecule has 2 aromatic carbocycles. The third-order valence-electron chi connectivity index (χ3n) is 5.84. The van der Waals surface area contributed by atoms with E-state index in [9.17, 15) is 9.59 Å². The van der Waals surface area contributed by atoms with Crippen molar-refractivity contribution >= 4 is 28.4 Å². The molecule has 1 aromatic heterocycles. The number of aromatic nitrogens is 1. The summed E-state index contributed by atoms with van der Waals surface area (Å²) in [6, 6.07) is 15.1. The largest absolute Gasteiger partial charge is 0.379 e. The molecular weight excluding hydrogens is 404 g/mol. The average Bonchev–Trinajstić information content (AvgIpc) is 3.18. The molecule has 2 N–H and O–H groups in total. The molecule has 0 aliphatic carbocycles. The molecule has 4 rings (SSSR count). The lowest BCUT2D eigenvalue weighted by atomic mass is 10.1. The number of nitrogens with one attached hydrogen (secondary N) is 2. The number of carbonyl (C=O) groups is 2. The smallest absolute Gasteiger partial charge is 0.267 e. The first-order valence-electron chi connectivity index (χ1n) is 11.1. The highest BCUT2D eigenvalue weighted by Gasteiger charge is 2.16. The van der Waals surface area contributed by atoms with Gasteiger partial charge in [0.15, 0.2) is 0 Å². The molecule has 1 aliphatic heterocycles. The van der Waals surface area contributed by atoms with Crippen LogP contribution >= 0.6 is 0 Å². The van der Waals surface area contributed by atoms with Crippen molar-refractivity contribution in [3.63, 3.8) is 0 Å². The lowest BCUT2D eigenvalue weighted by Gasteiger charge is -2.26. The summed E-state index contributed by atoms with van der Waals surface area (Å²) in [6.07, 6.45) is 0. The van der Waals surface area contributed by atoms with E-state index in [1.165, 1.54) is 0 Å². The van der Waals surface area contributed by atoms with Crippen LogP contribution in [0.1, 0.15) is 33.3 Å². The predicted octanol–water partition coefficient (Wildman–Crippen LogP) is 3.28. The fraction of sp³-hybridized carbons (Fsp3) is 0.360. The second-order valence-electron chi connectivity index (χ2n) is 8.08. The van der Waals surface area contributed by atoms with Gasteiger partial charge in [-0.05, 0) is 50.2 Å². The zero-order chi connectivity index (χ0) is 22.5. The molecule has 1 fully saturated rings. The number of fused-ring (bicyclic) bond motifs is 1. The summed E-state index contributed by atoms with van der Waals surface area (Å²) < 4.78 is 7.37. The Kier molecular flexibility index (Phi) is 6.87. The van der Waals surface area contributed by atoms with E-state index in [2.05, 4.69) is 15.5 Å². The monoisotopic (exact) mass is 434 g/mol. The Labute approximate surface area is 188 Å². The fourth-order valence-electron chi connectivity index (χ4n) is 4.03. The third kappa shape index (κ3) is 5.00. The molecule has 7 nitrogen and oxygen atoms in total. The van der Waals surface area contributed by atoms with Crippen LogP contribution in [0, 0.1) is 6.92 Å². The Balaban J connectivity index is 1.45. The average molecular weight is 435 g/mol. The normalized spacial score (nSPS) is 14.4. The number of hydrogen-bond acceptors (Lipinski definition) is 4. The van der Waals surface area contributed by atoms with E-state index in [-0.39, 0.29) is 11.8 Å². The van der Waals surface area contributed by atoms with Crippen LogP contribution in [0.2, 0.25) is 0 Å². The van der Waals surface area contributed by atoms with Gasteiger partial charge in [-0.15, -0.1) is 0 Å². The molecule has 0 unspecified atom stereocenters. The second kappa shape index (κ2) is 9.97. The number of benzene rings is 2. The Hall–Kier alpha value is -3.16. The first kappa shape index (κ1) is 22.0. The van der Waals surface area contributed by atoms with Crippen LogP contribution in [0.3, 0.4) is 0 Å². The molecule has 0 spiro atoms. The molecule has 2 amide bonds. The first-order chi connectivity index (χ1) is 15.5. The Morgan fingerprint density at radius 2 is 1.75 bits per heavy atom. The molecule has 3 aromatic rings. The highest BCUT2D eigenvalue weighted by Crippen LogP contribution is 2.24. The summed E-state index contributed by atoms with van der Waals surface area (Å²) in [5, 5.41) is 6.92. The van der Waals surface area contributed by atoms with Gasteiger partial charge in [0.1, 0.15) is 5.69 Å². The maximum atomic E-state index is 12.9. The van der Waals surface area contributed by atoms with E-state index in [1.807, 2.05) is 66.9 Å². The number of amides is 2. The standard InChI is InChI=1S/C25H30N4O3/c1-3-29-22-9-8-21(27-24(30)19-6-4-18(2)5-7-19)16-20(22)17-23(29)25(31)26-10-11-28-12-14-32-15-13-28/h4-9,16-17H,3,10-15H2,1-2H3,(H,26,31)(H,27,30). The Morgan fingerprint density at radius 1 is 1.00 bits per heavy atom. The molecule has 32 heavy (non-hydrogen) atoms. The van der Waals surface area contributed by atoms with Gasteiger partial charge >= 0.3 is 0 Å². The minimum Gasteiger partial charge on any atom is -0.379 e. The van der Waals surface area contributed by atoms with Gasteiger partial charge in [-0.3, -0.25) is 14.5 Å². The van der Waals surface area contributed by atoms with E-state index in [4.69, 9.17) is 4.74 Å². The van der Waals surface area contributed by atoms with Gasteiger partial charge in [0.25, 0.3) is 11.8 Å². The van der Waals surface area contributed by atoms with Crippen molar-refractivity contribution in [3.05, 3.63) is 65.4 Å². The minimum atomic E-state index is -0.152. The van der Waals surface area contributed by atoms with Crippen LogP contribution < -0.4 is 10.6 Å². The lowest BCUT2D eigenvalue weighted by Crippen LogP contribution is -2.41. The molecular formula is C25H30N4O3. The van der Waals surface area contributed by atoms with Crippen molar-refractivity contribution in [1.82, 2.24) is 14.8 Å². The van der Waals surface area contributed by atoms with Crippen LogP contribution in [-0.2, 0) is 11.3 Å². The molecule has 1 aliphatic rings. The summed E-state index contributed by atoms with van der Waals surface area (Å²) in [5.74, 6) is -0.234.